The van der Waals surface area contributed by atoms with Gasteiger partial charge in [0.15, 0.2) is 0 Å². The zero-order valence-corrected chi connectivity index (χ0v) is 11.0. The van der Waals surface area contributed by atoms with Crippen LogP contribution in [-0.4, -0.2) is 16.1 Å². The summed E-state index contributed by atoms with van der Waals surface area (Å²) in [5, 5.41) is 3.47. The van der Waals surface area contributed by atoms with Gasteiger partial charge in [0.05, 0.1) is 12.0 Å². The summed E-state index contributed by atoms with van der Waals surface area (Å²) < 4.78 is 2.22. The van der Waals surface area contributed by atoms with Crippen molar-refractivity contribution >= 4 is 0 Å². The number of aryl methyl sites for hydroxylation is 1. The topological polar surface area (TPSA) is 29.9 Å². The zero-order valence-electron chi connectivity index (χ0n) is 11.0. The van der Waals surface area contributed by atoms with Crippen LogP contribution >= 0.6 is 0 Å². The normalized spacial score (nSPS) is 10.7. The highest BCUT2D eigenvalue weighted by Gasteiger charge is 2.00. The average molecular weight is 243 g/mol. The highest BCUT2D eigenvalue weighted by molar-refractivity contribution is 5.14. The van der Waals surface area contributed by atoms with Gasteiger partial charge in [-0.2, -0.15) is 0 Å². The van der Waals surface area contributed by atoms with Crippen LogP contribution in [0.4, 0.5) is 0 Å². The molecule has 0 saturated heterocycles. The molecule has 3 nitrogen and oxygen atoms in total. The lowest BCUT2D eigenvalue weighted by atomic mass is 10.1. The van der Waals surface area contributed by atoms with E-state index in [2.05, 4.69) is 52.1 Å². The highest BCUT2D eigenvalue weighted by atomic mass is 15.1. The number of rotatable bonds is 7. The third-order valence-electron chi connectivity index (χ3n) is 3.00. The zero-order chi connectivity index (χ0) is 12.6. The van der Waals surface area contributed by atoms with E-state index in [0.29, 0.717) is 0 Å². The SMILES string of the molecule is CCCn1cncc1CNCCc1ccccc1. The van der Waals surface area contributed by atoms with Crippen molar-refractivity contribution in [3.05, 3.63) is 54.1 Å². The molecule has 1 aromatic heterocycles. The van der Waals surface area contributed by atoms with Gasteiger partial charge < -0.3 is 9.88 Å². The maximum Gasteiger partial charge on any atom is 0.0948 e. The van der Waals surface area contributed by atoms with Crippen LogP contribution in [0, 0.1) is 0 Å². The lowest BCUT2D eigenvalue weighted by Gasteiger charge is -2.08. The van der Waals surface area contributed by atoms with Gasteiger partial charge >= 0.3 is 0 Å². The van der Waals surface area contributed by atoms with Gasteiger partial charge in [-0.15, -0.1) is 0 Å². The van der Waals surface area contributed by atoms with E-state index in [1.165, 1.54) is 11.3 Å². The van der Waals surface area contributed by atoms with Gasteiger partial charge in [0.25, 0.3) is 0 Å². The van der Waals surface area contributed by atoms with Crippen LogP contribution in [-0.2, 0) is 19.5 Å². The van der Waals surface area contributed by atoms with Gasteiger partial charge in [-0.05, 0) is 24.9 Å². The standard InChI is InChI=1S/C15H21N3/c1-2-10-18-13-17-12-15(18)11-16-9-8-14-6-4-3-5-7-14/h3-7,12-13,16H,2,8-11H2,1H3. The molecule has 0 radical (unpaired) electrons. The minimum absolute atomic E-state index is 0.896. The maximum atomic E-state index is 4.20. The fourth-order valence-electron chi connectivity index (χ4n) is 2.03. The average Bonchev–Trinajstić information content (AvgIpc) is 2.84. The molecular weight excluding hydrogens is 222 g/mol. The van der Waals surface area contributed by atoms with Gasteiger partial charge in [-0.1, -0.05) is 37.3 Å². The fourth-order valence-corrected chi connectivity index (χ4v) is 2.03. The van der Waals surface area contributed by atoms with E-state index in [4.69, 9.17) is 0 Å². The van der Waals surface area contributed by atoms with Crippen molar-refractivity contribution in [2.75, 3.05) is 6.54 Å². The molecule has 18 heavy (non-hydrogen) atoms. The summed E-state index contributed by atoms with van der Waals surface area (Å²) in [5.74, 6) is 0. The molecule has 0 spiro atoms. The van der Waals surface area contributed by atoms with Crippen molar-refractivity contribution in [2.24, 2.45) is 0 Å². The summed E-state index contributed by atoms with van der Waals surface area (Å²) in [5.41, 5.74) is 2.65. The molecule has 0 atom stereocenters. The first-order valence-electron chi connectivity index (χ1n) is 6.64. The smallest absolute Gasteiger partial charge is 0.0948 e. The van der Waals surface area contributed by atoms with Crippen LogP contribution < -0.4 is 5.32 Å². The summed E-state index contributed by atoms with van der Waals surface area (Å²) in [6, 6.07) is 10.6. The number of benzene rings is 1. The molecule has 0 aliphatic rings. The maximum absolute atomic E-state index is 4.20. The molecule has 1 aromatic carbocycles. The van der Waals surface area contributed by atoms with Crippen molar-refractivity contribution < 1.29 is 0 Å². The molecule has 0 bridgehead atoms. The predicted octanol–water partition coefficient (Wildman–Crippen LogP) is 2.63. The number of nitrogens with one attached hydrogen (secondary N) is 1. The van der Waals surface area contributed by atoms with Gasteiger partial charge in [-0.3, -0.25) is 0 Å². The Kier molecular flexibility index (Phi) is 4.97. The van der Waals surface area contributed by atoms with E-state index >= 15 is 0 Å². The quantitative estimate of drug-likeness (QED) is 0.758. The Balaban J connectivity index is 1.73. The molecule has 0 aliphatic heterocycles. The van der Waals surface area contributed by atoms with E-state index in [9.17, 15) is 0 Å². The van der Waals surface area contributed by atoms with E-state index in [1.807, 2.05) is 12.5 Å². The first-order valence-corrected chi connectivity index (χ1v) is 6.64. The van der Waals surface area contributed by atoms with Gasteiger partial charge in [0.2, 0.25) is 0 Å². The van der Waals surface area contributed by atoms with E-state index in [1.54, 1.807) is 0 Å². The molecule has 96 valence electrons. The van der Waals surface area contributed by atoms with Crippen molar-refractivity contribution in [2.45, 2.75) is 32.9 Å². The largest absolute Gasteiger partial charge is 0.333 e. The Morgan fingerprint density at radius 2 is 2.06 bits per heavy atom. The summed E-state index contributed by atoms with van der Waals surface area (Å²) in [4.78, 5) is 4.20. The number of nitrogens with zero attached hydrogens (tertiary/aromatic N) is 2. The molecule has 2 rings (SSSR count). The number of hydrogen-bond acceptors (Lipinski definition) is 2. The molecule has 1 N–H and O–H groups in total. The molecule has 0 aliphatic carbocycles. The lowest BCUT2D eigenvalue weighted by molar-refractivity contribution is 0.601. The molecule has 0 unspecified atom stereocenters. The van der Waals surface area contributed by atoms with Crippen molar-refractivity contribution in [1.82, 2.24) is 14.9 Å². The minimum Gasteiger partial charge on any atom is -0.333 e. The Morgan fingerprint density at radius 1 is 1.22 bits per heavy atom. The minimum atomic E-state index is 0.896. The van der Waals surface area contributed by atoms with Crippen LogP contribution in [0.5, 0.6) is 0 Å². The fraction of sp³-hybridized carbons (Fsp3) is 0.400. The third kappa shape index (κ3) is 3.70. The van der Waals surface area contributed by atoms with E-state index in [0.717, 1.165) is 32.5 Å². The molecular formula is C15H21N3. The number of aromatic nitrogens is 2. The van der Waals surface area contributed by atoms with Crippen molar-refractivity contribution in [3.8, 4) is 0 Å². The summed E-state index contributed by atoms with van der Waals surface area (Å²) in [7, 11) is 0. The van der Waals surface area contributed by atoms with Crippen molar-refractivity contribution in [1.29, 1.82) is 0 Å². The van der Waals surface area contributed by atoms with Crippen LogP contribution in [0.1, 0.15) is 24.6 Å². The summed E-state index contributed by atoms with van der Waals surface area (Å²) >= 11 is 0. The predicted molar refractivity (Wildman–Crippen MR) is 74.4 cm³/mol. The van der Waals surface area contributed by atoms with E-state index < -0.39 is 0 Å². The monoisotopic (exact) mass is 243 g/mol. The first kappa shape index (κ1) is 12.8. The molecule has 1 heterocycles. The Hall–Kier alpha value is -1.61. The Bertz CT molecular complexity index is 448. The third-order valence-corrected chi connectivity index (χ3v) is 3.00. The summed E-state index contributed by atoms with van der Waals surface area (Å²) in [6.07, 6.45) is 6.08. The van der Waals surface area contributed by atoms with Gasteiger partial charge in [-0.25, -0.2) is 4.98 Å². The van der Waals surface area contributed by atoms with Crippen LogP contribution in [0.25, 0.3) is 0 Å². The Morgan fingerprint density at radius 3 is 2.83 bits per heavy atom. The number of imidazole rings is 1. The van der Waals surface area contributed by atoms with Crippen LogP contribution in [0.15, 0.2) is 42.9 Å². The summed E-state index contributed by atoms with van der Waals surface area (Å²) in [6.45, 7) is 5.14. The molecule has 0 saturated carbocycles. The van der Waals surface area contributed by atoms with Crippen LogP contribution in [0.3, 0.4) is 0 Å². The molecule has 2 aromatic rings. The number of hydrogen-bond donors (Lipinski definition) is 1. The first-order chi connectivity index (χ1) is 8.90. The molecule has 3 heteroatoms. The molecule has 0 fully saturated rings. The second-order valence-electron chi connectivity index (χ2n) is 4.49. The van der Waals surface area contributed by atoms with Gasteiger partial charge in [0, 0.05) is 19.3 Å². The Labute approximate surface area is 109 Å². The van der Waals surface area contributed by atoms with E-state index in [-0.39, 0.29) is 0 Å². The lowest BCUT2D eigenvalue weighted by Crippen LogP contribution is -2.18. The second-order valence-corrected chi connectivity index (χ2v) is 4.49. The highest BCUT2D eigenvalue weighted by Crippen LogP contribution is 2.01. The van der Waals surface area contributed by atoms with Crippen molar-refractivity contribution in [3.63, 3.8) is 0 Å². The molecule has 0 amide bonds. The second kappa shape index (κ2) is 6.97. The van der Waals surface area contributed by atoms with Gasteiger partial charge in [0.1, 0.15) is 0 Å². The van der Waals surface area contributed by atoms with Crippen LogP contribution in [0.2, 0.25) is 0 Å².